The van der Waals surface area contributed by atoms with Crippen LogP contribution in [0.1, 0.15) is 5.69 Å². The fraction of sp³-hybridized carbons (Fsp3) is 0.125. The molecule has 0 saturated carbocycles. The smallest absolute Gasteiger partial charge is 0.119 e. The molecule has 106 valence electrons. The Labute approximate surface area is 123 Å². The van der Waals surface area contributed by atoms with E-state index in [1.165, 1.54) is 0 Å². The summed E-state index contributed by atoms with van der Waals surface area (Å²) >= 11 is 0. The third-order valence-electron chi connectivity index (χ3n) is 3.24. The Kier molecular flexibility index (Phi) is 3.66. The molecular formula is C16H16N4O. The molecule has 21 heavy (non-hydrogen) atoms. The van der Waals surface area contributed by atoms with Crippen LogP contribution in [0.2, 0.25) is 0 Å². The third kappa shape index (κ3) is 2.64. The van der Waals surface area contributed by atoms with E-state index in [0.717, 1.165) is 28.4 Å². The second kappa shape index (κ2) is 5.76. The number of ether oxygens (including phenoxy) is 1. The van der Waals surface area contributed by atoms with Crippen molar-refractivity contribution in [3.05, 3.63) is 60.6 Å². The molecule has 5 nitrogen and oxygen atoms in total. The Hall–Kier alpha value is -2.66. The van der Waals surface area contributed by atoms with Crippen molar-refractivity contribution < 1.29 is 4.74 Å². The molecule has 5 heteroatoms. The van der Waals surface area contributed by atoms with E-state index < -0.39 is 0 Å². The molecule has 3 aromatic rings. The zero-order chi connectivity index (χ0) is 14.7. The van der Waals surface area contributed by atoms with Crippen molar-refractivity contribution in [2.24, 2.45) is 5.73 Å². The maximum Gasteiger partial charge on any atom is 0.119 e. The van der Waals surface area contributed by atoms with Gasteiger partial charge in [-0.2, -0.15) is 5.10 Å². The molecule has 0 aliphatic carbocycles. The summed E-state index contributed by atoms with van der Waals surface area (Å²) in [6, 6.07) is 13.6. The van der Waals surface area contributed by atoms with Gasteiger partial charge in [0.1, 0.15) is 5.75 Å². The lowest BCUT2D eigenvalue weighted by Crippen LogP contribution is -2.02. The van der Waals surface area contributed by atoms with E-state index in [2.05, 4.69) is 10.1 Å². The van der Waals surface area contributed by atoms with Crippen LogP contribution in [0.4, 0.5) is 0 Å². The minimum absolute atomic E-state index is 0.399. The maximum absolute atomic E-state index is 5.72. The van der Waals surface area contributed by atoms with Crippen molar-refractivity contribution in [3.63, 3.8) is 0 Å². The molecule has 0 radical (unpaired) electrons. The second-order valence-electron chi connectivity index (χ2n) is 4.58. The van der Waals surface area contributed by atoms with Crippen LogP contribution in [-0.2, 0) is 6.54 Å². The fourth-order valence-corrected chi connectivity index (χ4v) is 2.17. The Morgan fingerprint density at radius 1 is 1.19 bits per heavy atom. The van der Waals surface area contributed by atoms with Crippen LogP contribution in [0, 0.1) is 0 Å². The number of hydrogen-bond acceptors (Lipinski definition) is 4. The summed E-state index contributed by atoms with van der Waals surface area (Å²) in [4.78, 5) is 4.17. The molecule has 2 N–H and O–H groups in total. The molecule has 0 bridgehead atoms. The van der Waals surface area contributed by atoms with Crippen molar-refractivity contribution in [2.75, 3.05) is 7.11 Å². The van der Waals surface area contributed by atoms with Gasteiger partial charge in [0.05, 0.1) is 24.2 Å². The van der Waals surface area contributed by atoms with Crippen molar-refractivity contribution >= 4 is 0 Å². The van der Waals surface area contributed by atoms with Crippen LogP contribution in [0.3, 0.4) is 0 Å². The Morgan fingerprint density at radius 3 is 2.62 bits per heavy atom. The molecule has 3 rings (SSSR count). The summed E-state index contributed by atoms with van der Waals surface area (Å²) in [6.07, 6.45) is 3.57. The highest BCUT2D eigenvalue weighted by molar-refractivity contribution is 5.61. The van der Waals surface area contributed by atoms with Crippen LogP contribution >= 0.6 is 0 Å². The third-order valence-corrected chi connectivity index (χ3v) is 3.24. The summed E-state index contributed by atoms with van der Waals surface area (Å²) in [5, 5.41) is 4.55. The molecule has 0 aliphatic heterocycles. The van der Waals surface area contributed by atoms with E-state index in [9.17, 15) is 0 Å². The average Bonchev–Trinajstić information content (AvgIpc) is 3.00. The molecular weight excluding hydrogens is 264 g/mol. The van der Waals surface area contributed by atoms with Gasteiger partial charge < -0.3 is 10.5 Å². The Bertz CT molecular complexity index is 720. The molecule has 2 aromatic heterocycles. The van der Waals surface area contributed by atoms with Gasteiger partial charge in [-0.3, -0.25) is 4.98 Å². The summed E-state index contributed by atoms with van der Waals surface area (Å²) in [5.74, 6) is 0.813. The standard InChI is InChI=1S/C16H16N4O/c1-21-15-6-4-14(5-7-15)20-16(9-13(10-17)19-20)12-3-2-8-18-11-12/h2-9,11H,10,17H2,1H3. The van der Waals surface area contributed by atoms with Gasteiger partial charge in [0.25, 0.3) is 0 Å². The van der Waals surface area contributed by atoms with E-state index in [4.69, 9.17) is 10.5 Å². The van der Waals surface area contributed by atoms with Crippen molar-refractivity contribution in [1.82, 2.24) is 14.8 Å². The van der Waals surface area contributed by atoms with Crippen LogP contribution in [0.5, 0.6) is 5.75 Å². The zero-order valence-corrected chi connectivity index (χ0v) is 11.7. The molecule has 0 saturated heterocycles. The molecule has 0 amide bonds. The number of aromatic nitrogens is 3. The number of benzene rings is 1. The van der Waals surface area contributed by atoms with E-state index in [-0.39, 0.29) is 0 Å². The number of nitrogens with two attached hydrogens (primary N) is 1. The predicted octanol–water partition coefficient (Wildman–Crippen LogP) is 2.40. The molecule has 0 atom stereocenters. The van der Waals surface area contributed by atoms with Crippen LogP contribution in [0.15, 0.2) is 54.9 Å². The van der Waals surface area contributed by atoms with E-state index in [1.54, 1.807) is 13.3 Å². The minimum Gasteiger partial charge on any atom is -0.497 e. The van der Waals surface area contributed by atoms with E-state index in [1.807, 2.05) is 53.3 Å². The van der Waals surface area contributed by atoms with Crippen LogP contribution in [0.25, 0.3) is 16.9 Å². The van der Waals surface area contributed by atoms with Gasteiger partial charge in [-0.05, 0) is 42.5 Å². The lowest BCUT2D eigenvalue weighted by Gasteiger charge is -2.08. The summed E-state index contributed by atoms with van der Waals surface area (Å²) < 4.78 is 7.06. The number of nitrogens with zero attached hydrogens (tertiary/aromatic N) is 3. The summed E-state index contributed by atoms with van der Waals surface area (Å²) in [7, 11) is 1.65. The highest BCUT2D eigenvalue weighted by Crippen LogP contribution is 2.24. The molecule has 0 fully saturated rings. The summed E-state index contributed by atoms with van der Waals surface area (Å²) in [5.41, 5.74) is 9.48. The number of methoxy groups -OCH3 is 1. The zero-order valence-electron chi connectivity index (χ0n) is 11.7. The van der Waals surface area contributed by atoms with Gasteiger partial charge >= 0.3 is 0 Å². The second-order valence-corrected chi connectivity index (χ2v) is 4.58. The number of hydrogen-bond donors (Lipinski definition) is 1. The van der Waals surface area contributed by atoms with Gasteiger partial charge in [-0.1, -0.05) is 0 Å². The first-order chi connectivity index (χ1) is 10.3. The first-order valence-electron chi connectivity index (χ1n) is 6.65. The first kappa shape index (κ1) is 13.3. The minimum atomic E-state index is 0.399. The predicted molar refractivity (Wildman–Crippen MR) is 81.2 cm³/mol. The van der Waals surface area contributed by atoms with Gasteiger partial charge in [0.15, 0.2) is 0 Å². The van der Waals surface area contributed by atoms with E-state index in [0.29, 0.717) is 6.54 Å². The quantitative estimate of drug-likeness (QED) is 0.797. The Morgan fingerprint density at radius 2 is 2.00 bits per heavy atom. The molecule has 1 aromatic carbocycles. The van der Waals surface area contributed by atoms with E-state index >= 15 is 0 Å². The molecule has 0 unspecified atom stereocenters. The number of pyridine rings is 1. The normalized spacial score (nSPS) is 10.6. The SMILES string of the molecule is COc1ccc(-n2nc(CN)cc2-c2cccnc2)cc1. The highest BCUT2D eigenvalue weighted by atomic mass is 16.5. The van der Waals surface area contributed by atoms with Crippen LogP contribution < -0.4 is 10.5 Å². The summed E-state index contributed by atoms with van der Waals surface area (Å²) in [6.45, 7) is 0.399. The lowest BCUT2D eigenvalue weighted by atomic mass is 10.2. The van der Waals surface area contributed by atoms with Crippen molar-refractivity contribution in [3.8, 4) is 22.7 Å². The van der Waals surface area contributed by atoms with Gasteiger partial charge in [0, 0.05) is 24.5 Å². The highest BCUT2D eigenvalue weighted by Gasteiger charge is 2.11. The largest absolute Gasteiger partial charge is 0.497 e. The van der Waals surface area contributed by atoms with Crippen molar-refractivity contribution in [1.29, 1.82) is 0 Å². The molecule has 0 spiro atoms. The molecule has 2 heterocycles. The average molecular weight is 280 g/mol. The molecule has 0 aliphatic rings. The monoisotopic (exact) mass is 280 g/mol. The van der Waals surface area contributed by atoms with Crippen LogP contribution in [-0.4, -0.2) is 21.9 Å². The first-order valence-corrected chi connectivity index (χ1v) is 6.65. The van der Waals surface area contributed by atoms with Gasteiger partial charge in [-0.15, -0.1) is 0 Å². The van der Waals surface area contributed by atoms with Gasteiger partial charge in [0.2, 0.25) is 0 Å². The van der Waals surface area contributed by atoms with Gasteiger partial charge in [-0.25, -0.2) is 4.68 Å². The maximum atomic E-state index is 5.72. The van der Waals surface area contributed by atoms with Crippen molar-refractivity contribution in [2.45, 2.75) is 6.54 Å². The topological polar surface area (TPSA) is 66.0 Å². The Balaban J connectivity index is 2.10. The fourth-order valence-electron chi connectivity index (χ4n) is 2.17. The number of rotatable bonds is 4. The lowest BCUT2D eigenvalue weighted by molar-refractivity contribution is 0.414.